The molecule has 0 amide bonds. The second-order valence-corrected chi connectivity index (χ2v) is 4.65. The van der Waals surface area contributed by atoms with E-state index in [1.807, 2.05) is 0 Å². The van der Waals surface area contributed by atoms with E-state index < -0.39 is 21.2 Å². The maximum atomic E-state index is 13.5. The van der Waals surface area contributed by atoms with Crippen LogP contribution in [0.1, 0.15) is 13.8 Å². The van der Waals surface area contributed by atoms with Gasteiger partial charge in [0.2, 0.25) is 0 Å². The highest BCUT2D eigenvalue weighted by Crippen LogP contribution is 2.25. The quantitative estimate of drug-likeness (QED) is 0.424. The molecule has 88 valence electrons. The molecule has 0 spiro atoms. The highest BCUT2D eigenvalue weighted by atomic mass is 32.3. The monoisotopic (exact) mass is 242 g/mol. The van der Waals surface area contributed by atoms with Crippen molar-refractivity contribution in [2.45, 2.75) is 18.8 Å². The van der Waals surface area contributed by atoms with Gasteiger partial charge >= 0.3 is 21.2 Å². The summed E-state index contributed by atoms with van der Waals surface area (Å²) in [7, 11) is -4.93. The molecule has 0 N–H and O–H groups in total. The Kier molecular flexibility index (Phi) is 4.39. The van der Waals surface area contributed by atoms with Gasteiger partial charge in [-0.15, -0.1) is 3.89 Å². The number of hydrogen-bond acceptors (Lipinski definition) is 4. The molecule has 4 nitrogen and oxygen atoms in total. The second-order valence-electron chi connectivity index (χ2n) is 3.18. The van der Waals surface area contributed by atoms with Gasteiger partial charge in [0.15, 0.2) is 0 Å². The van der Waals surface area contributed by atoms with Crippen LogP contribution in [0.2, 0.25) is 0 Å². The minimum atomic E-state index is -5.70. The highest BCUT2D eigenvalue weighted by Gasteiger charge is 2.51. The van der Waals surface area contributed by atoms with Gasteiger partial charge in [-0.25, -0.2) is 9.18 Å². The van der Waals surface area contributed by atoms with Crippen LogP contribution in [-0.2, 0) is 19.8 Å². The van der Waals surface area contributed by atoms with Gasteiger partial charge in [0.05, 0.1) is 7.11 Å². The molecule has 0 bridgehead atoms. The maximum absolute atomic E-state index is 13.5. The van der Waals surface area contributed by atoms with Crippen LogP contribution < -0.4 is 0 Å². The van der Waals surface area contributed by atoms with E-state index in [0.29, 0.717) is 6.08 Å². The normalized spacial score (nSPS) is 16.7. The van der Waals surface area contributed by atoms with Crippen LogP contribution in [0.5, 0.6) is 0 Å². The standard InChI is InChI=1S/C8H12F2O4S/c1-6(2)4-5-8(9,7(11)14-3)15(10,12)13/h4-6H,1-3H3. The lowest BCUT2D eigenvalue weighted by atomic mass is 10.2. The lowest BCUT2D eigenvalue weighted by molar-refractivity contribution is -0.146. The summed E-state index contributed by atoms with van der Waals surface area (Å²) in [6.45, 7) is 3.22. The highest BCUT2D eigenvalue weighted by molar-refractivity contribution is 7.88. The average Bonchev–Trinajstić information content (AvgIpc) is 2.10. The smallest absolute Gasteiger partial charge is 0.366 e. The third-order valence-electron chi connectivity index (χ3n) is 1.51. The van der Waals surface area contributed by atoms with Gasteiger partial charge in [0, 0.05) is 0 Å². The number of ether oxygens (including phenoxy) is 1. The summed E-state index contributed by atoms with van der Waals surface area (Å²) in [5.74, 6) is -2.03. The van der Waals surface area contributed by atoms with Crippen LogP contribution in [-0.4, -0.2) is 26.5 Å². The predicted octanol–water partition coefficient (Wildman–Crippen LogP) is 1.34. The number of esters is 1. The molecule has 0 rings (SSSR count). The van der Waals surface area contributed by atoms with Gasteiger partial charge < -0.3 is 4.74 Å². The molecule has 0 saturated carbocycles. The molecule has 1 unspecified atom stereocenters. The first-order valence-corrected chi connectivity index (χ1v) is 5.44. The zero-order valence-electron chi connectivity index (χ0n) is 8.53. The molecular weight excluding hydrogens is 230 g/mol. The van der Waals surface area contributed by atoms with Gasteiger partial charge in [0.1, 0.15) is 0 Å². The second kappa shape index (κ2) is 4.69. The average molecular weight is 242 g/mol. The fourth-order valence-corrected chi connectivity index (χ4v) is 1.23. The van der Waals surface area contributed by atoms with E-state index in [-0.39, 0.29) is 5.92 Å². The summed E-state index contributed by atoms with van der Waals surface area (Å²) in [5.41, 5.74) is 0. The first-order valence-electron chi connectivity index (χ1n) is 4.06. The van der Waals surface area contributed by atoms with Gasteiger partial charge in [-0.2, -0.15) is 8.42 Å². The molecule has 0 heterocycles. The Hall–Kier alpha value is -0.980. The number of hydrogen-bond donors (Lipinski definition) is 0. The molecule has 0 saturated heterocycles. The molecule has 1 atom stereocenters. The number of alkyl halides is 1. The molecule has 0 aliphatic rings. The van der Waals surface area contributed by atoms with Crippen LogP contribution in [0.15, 0.2) is 12.2 Å². The van der Waals surface area contributed by atoms with Crippen molar-refractivity contribution in [1.29, 1.82) is 0 Å². The number of rotatable bonds is 4. The molecule has 15 heavy (non-hydrogen) atoms. The van der Waals surface area contributed by atoms with Crippen molar-refractivity contribution in [2.24, 2.45) is 5.92 Å². The van der Waals surface area contributed by atoms with Gasteiger partial charge in [0.25, 0.3) is 0 Å². The molecular formula is C8H12F2O4S. The third kappa shape index (κ3) is 3.26. The zero-order valence-corrected chi connectivity index (χ0v) is 9.35. The minimum Gasteiger partial charge on any atom is -0.466 e. The number of methoxy groups -OCH3 is 1. The minimum absolute atomic E-state index is 0.230. The van der Waals surface area contributed by atoms with Crippen molar-refractivity contribution in [3.63, 3.8) is 0 Å². The summed E-state index contributed by atoms with van der Waals surface area (Å²) < 4.78 is 50.9. The van der Waals surface area contributed by atoms with E-state index in [1.165, 1.54) is 0 Å². The molecule has 0 aromatic heterocycles. The fourth-order valence-electron chi connectivity index (χ4n) is 0.704. The van der Waals surface area contributed by atoms with Crippen LogP contribution in [0.25, 0.3) is 0 Å². The molecule has 0 radical (unpaired) electrons. The van der Waals surface area contributed by atoms with E-state index in [4.69, 9.17) is 0 Å². The zero-order chi connectivity index (χ0) is 12.3. The number of carbonyl (C=O) groups is 1. The van der Waals surface area contributed by atoms with Gasteiger partial charge in [-0.05, 0) is 12.0 Å². The Labute approximate surface area is 87.1 Å². The Bertz CT molecular complexity index is 361. The van der Waals surface area contributed by atoms with Crippen molar-refractivity contribution < 1.29 is 26.2 Å². The Balaban J connectivity index is 5.34. The largest absolute Gasteiger partial charge is 0.466 e. The van der Waals surface area contributed by atoms with Crippen LogP contribution in [0, 0.1) is 5.92 Å². The Morgan fingerprint density at radius 3 is 2.20 bits per heavy atom. The van der Waals surface area contributed by atoms with E-state index in [2.05, 4.69) is 4.74 Å². The number of carbonyl (C=O) groups excluding carboxylic acids is 1. The predicted molar refractivity (Wildman–Crippen MR) is 49.9 cm³/mol. The van der Waals surface area contributed by atoms with Gasteiger partial charge in [-0.1, -0.05) is 19.9 Å². The third-order valence-corrected chi connectivity index (χ3v) is 2.53. The molecule has 0 fully saturated rings. The van der Waals surface area contributed by atoms with Crippen molar-refractivity contribution in [3.05, 3.63) is 12.2 Å². The molecule has 0 aliphatic carbocycles. The van der Waals surface area contributed by atoms with Crippen LogP contribution in [0.4, 0.5) is 8.28 Å². The van der Waals surface area contributed by atoms with Crippen molar-refractivity contribution >= 4 is 16.2 Å². The molecule has 0 aliphatic heterocycles. The molecule has 7 heteroatoms. The summed E-state index contributed by atoms with van der Waals surface area (Å²) in [6.07, 6.45) is 1.41. The molecule has 0 aromatic carbocycles. The molecule has 0 aromatic rings. The SMILES string of the molecule is COC(=O)C(F)(C=CC(C)C)S(=O)(=O)F. The number of halogens is 2. The topological polar surface area (TPSA) is 60.4 Å². The van der Waals surface area contributed by atoms with Crippen LogP contribution in [0.3, 0.4) is 0 Å². The Morgan fingerprint density at radius 2 is 1.93 bits per heavy atom. The van der Waals surface area contributed by atoms with Gasteiger partial charge in [-0.3, -0.25) is 0 Å². The van der Waals surface area contributed by atoms with E-state index in [1.54, 1.807) is 13.8 Å². The summed E-state index contributed by atoms with van der Waals surface area (Å²) in [5, 5.41) is -3.76. The van der Waals surface area contributed by atoms with Crippen molar-refractivity contribution in [3.8, 4) is 0 Å². The fraction of sp³-hybridized carbons (Fsp3) is 0.625. The first-order chi connectivity index (χ1) is 6.65. The summed E-state index contributed by atoms with van der Waals surface area (Å²) in [4.78, 5) is 10.8. The number of allylic oxidation sites excluding steroid dienone is 1. The lowest BCUT2D eigenvalue weighted by Gasteiger charge is -2.13. The van der Waals surface area contributed by atoms with Crippen molar-refractivity contribution in [2.75, 3.05) is 7.11 Å². The van der Waals surface area contributed by atoms with Crippen LogP contribution >= 0.6 is 0 Å². The van der Waals surface area contributed by atoms with E-state index >= 15 is 0 Å². The summed E-state index contributed by atoms with van der Waals surface area (Å²) >= 11 is 0. The lowest BCUT2D eigenvalue weighted by Crippen LogP contribution is -2.39. The van der Waals surface area contributed by atoms with E-state index in [9.17, 15) is 21.5 Å². The first kappa shape index (κ1) is 14.0. The van der Waals surface area contributed by atoms with Crippen molar-refractivity contribution in [1.82, 2.24) is 0 Å². The van der Waals surface area contributed by atoms with E-state index in [0.717, 1.165) is 13.2 Å². The maximum Gasteiger partial charge on any atom is 0.366 e. The Morgan fingerprint density at radius 1 is 1.47 bits per heavy atom. The summed E-state index contributed by atoms with van der Waals surface area (Å²) in [6, 6.07) is 0.